The fourth-order valence-corrected chi connectivity index (χ4v) is 2.51. The Bertz CT molecular complexity index is 341. The highest BCUT2D eigenvalue weighted by molar-refractivity contribution is 8.00. The summed E-state index contributed by atoms with van der Waals surface area (Å²) in [6.45, 7) is 2.70. The van der Waals surface area contributed by atoms with E-state index in [1.165, 1.54) is 11.8 Å². The first-order valence-electron chi connectivity index (χ1n) is 6.11. The molecule has 5 nitrogen and oxygen atoms in total. The van der Waals surface area contributed by atoms with Crippen molar-refractivity contribution in [3.63, 3.8) is 0 Å². The van der Waals surface area contributed by atoms with Crippen LogP contribution in [0, 0.1) is 11.3 Å². The number of nitriles is 1. The number of esters is 1. The van der Waals surface area contributed by atoms with Gasteiger partial charge in [-0.15, -0.1) is 11.8 Å². The smallest absolute Gasteiger partial charge is 0.328 e. The van der Waals surface area contributed by atoms with Crippen LogP contribution in [0.3, 0.4) is 0 Å². The molecule has 0 aliphatic carbocycles. The number of likely N-dealkylation sites (tertiary alicyclic amines) is 1. The number of hydrogen-bond donors (Lipinski definition) is 0. The summed E-state index contributed by atoms with van der Waals surface area (Å²) in [6, 6.07) is 1.54. The Kier molecular flexibility index (Phi) is 6.58. The molecule has 0 aromatic carbocycles. The van der Waals surface area contributed by atoms with Crippen molar-refractivity contribution in [3.05, 3.63) is 0 Å². The molecule has 18 heavy (non-hydrogen) atoms. The molecule has 1 rings (SSSR count). The summed E-state index contributed by atoms with van der Waals surface area (Å²) in [7, 11) is 0. The van der Waals surface area contributed by atoms with Gasteiger partial charge in [0.2, 0.25) is 5.91 Å². The van der Waals surface area contributed by atoms with Crippen LogP contribution in [0.5, 0.6) is 0 Å². The SMILES string of the molecule is CCOC(=O)C1CCCCN1C(=O)CSCC#N. The number of nitrogens with zero attached hydrogens (tertiary/aromatic N) is 2. The molecule has 0 radical (unpaired) electrons. The zero-order valence-corrected chi connectivity index (χ0v) is 11.4. The van der Waals surface area contributed by atoms with Crippen molar-refractivity contribution in [3.8, 4) is 6.07 Å². The third-order valence-corrected chi connectivity index (χ3v) is 3.56. The molecule has 1 aliphatic heterocycles. The van der Waals surface area contributed by atoms with Crippen LogP contribution in [-0.2, 0) is 14.3 Å². The van der Waals surface area contributed by atoms with Gasteiger partial charge < -0.3 is 9.64 Å². The zero-order chi connectivity index (χ0) is 13.4. The maximum atomic E-state index is 12.0. The van der Waals surface area contributed by atoms with Gasteiger partial charge in [0, 0.05) is 6.54 Å². The van der Waals surface area contributed by atoms with E-state index >= 15 is 0 Å². The van der Waals surface area contributed by atoms with Crippen LogP contribution < -0.4 is 0 Å². The van der Waals surface area contributed by atoms with E-state index in [2.05, 4.69) is 0 Å². The minimum Gasteiger partial charge on any atom is -0.464 e. The lowest BCUT2D eigenvalue weighted by Crippen LogP contribution is -2.49. The molecule has 1 fully saturated rings. The number of thioether (sulfide) groups is 1. The van der Waals surface area contributed by atoms with E-state index < -0.39 is 6.04 Å². The average Bonchev–Trinajstić information content (AvgIpc) is 2.39. The first kappa shape index (κ1) is 14.8. The lowest BCUT2D eigenvalue weighted by molar-refractivity contribution is -0.155. The number of amides is 1. The van der Waals surface area contributed by atoms with E-state index in [-0.39, 0.29) is 17.6 Å². The minimum absolute atomic E-state index is 0.0759. The van der Waals surface area contributed by atoms with Crippen LogP contribution in [0.25, 0.3) is 0 Å². The summed E-state index contributed by atoms with van der Waals surface area (Å²) < 4.78 is 5.00. The van der Waals surface area contributed by atoms with Gasteiger partial charge >= 0.3 is 5.97 Å². The first-order chi connectivity index (χ1) is 8.70. The molecule has 0 aromatic rings. The molecule has 0 bridgehead atoms. The summed E-state index contributed by atoms with van der Waals surface area (Å²) in [6.07, 6.45) is 2.54. The third kappa shape index (κ3) is 4.22. The molecule has 0 aromatic heterocycles. The van der Waals surface area contributed by atoms with Crippen molar-refractivity contribution in [1.82, 2.24) is 4.90 Å². The van der Waals surface area contributed by atoms with Gasteiger partial charge in [-0.25, -0.2) is 4.79 Å². The normalized spacial score (nSPS) is 19.1. The average molecular weight is 270 g/mol. The maximum Gasteiger partial charge on any atom is 0.328 e. The number of hydrogen-bond acceptors (Lipinski definition) is 5. The van der Waals surface area contributed by atoms with Gasteiger partial charge in [-0.2, -0.15) is 5.26 Å². The molecule has 1 unspecified atom stereocenters. The number of rotatable bonds is 5. The summed E-state index contributed by atoms with van der Waals surface area (Å²) in [5.41, 5.74) is 0. The number of piperidine rings is 1. The molecule has 1 atom stereocenters. The molecule has 0 spiro atoms. The third-order valence-electron chi connectivity index (χ3n) is 2.77. The van der Waals surface area contributed by atoms with Crippen LogP contribution in [0.1, 0.15) is 26.2 Å². The lowest BCUT2D eigenvalue weighted by Gasteiger charge is -2.33. The van der Waals surface area contributed by atoms with Crippen molar-refractivity contribution >= 4 is 23.6 Å². The second-order valence-corrected chi connectivity index (χ2v) is 4.99. The van der Waals surface area contributed by atoms with Gasteiger partial charge in [-0.3, -0.25) is 4.79 Å². The van der Waals surface area contributed by atoms with E-state index in [9.17, 15) is 9.59 Å². The van der Waals surface area contributed by atoms with Gasteiger partial charge in [0.1, 0.15) is 6.04 Å². The molecule has 1 aliphatic rings. The van der Waals surface area contributed by atoms with Crippen molar-refractivity contribution in [2.75, 3.05) is 24.7 Å². The molecule has 100 valence electrons. The van der Waals surface area contributed by atoms with Crippen LogP contribution in [0.15, 0.2) is 0 Å². The fraction of sp³-hybridized carbons (Fsp3) is 0.750. The molecule has 1 heterocycles. The van der Waals surface area contributed by atoms with Crippen molar-refractivity contribution in [2.45, 2.75) is 32.2 Å². The summed E-state index contributed by atoms with van der Waals surface area (Å²) in [5.74, 6) is 0.163. The highest BCUT2D eigenvalue weighted by atomic mass is 32.2. The summed E-state index contributed by atoms with van der Waals surface area (Å²) in [4.78, 5) is 25.4. The Labute approximate surface area is 111 Å². The van der Waals surface area contributed by atoms with E-state index in [1.54, 1.807) is 11.8 Å². The summed E-state index contributed by atoms with van der Waals surface area (Å²) in [5, 5.41) is 8.43. The van der Waals surface area contributed by atoms with E-state index in [1.807, 2.05) is 6.07 Å². The van der Waals surface area contributed by atoms with Crippen LogP contribution in [0.4, 0.5) is 0 Å². The Morgan fingerprint density at radius 1 is 1.50 bits per heavy atom. The Balaban J connectivity index is 2.56. The fourth-order valence-electron chi connectivity index (χ4n) is 1.98. The highest BCUT2D eigenvalue weighted by Crippen LogP contribution is 2.19. The second kappa shape index (κ2) is 7.98. The Morgan fingerprint density at radius 2 is 2.28 bits per heavy atom. The van der Waals surface area contributed by atoms with E-state index in [0.717, 1.165) is 12.8 Å². The second-order valence-electron chi connectivity index (χ2n) is 4.00. The van der Waals surface area contributed by atoms with Crippen molar-refractivity contribution in [2.24, 2.45) is 0 Å². The first-order valence-corrected chi connectivity index (χ1v) is 7.27. The predicted octanol–water partition coefficient (Wildman–Crippen LogP) is 1.19. The lowest BCUT2D eigenvalue weighted by atomic mass is 10.0. The van der Waals surface area contributed by atoms with Gasteiger partial charge in [-0.1, -0.05) is 0 Å². The topological polar surface area (TPSA) is 70.4 Å². The molecular formula is C12H18N2O3S. The largest absolute Gasteiger partial charge is 0.464 e. The monoisotopic (exact) mass is 270 g/mol. The van der Waals surface area contributed by atoms with Gasteiger partial charge in [-0.05, 0) is 26.2 Å². The molecule has 0 N–H and O–H groups in total. The van der Waals surface area contributed by atoms with E-state index in [4.69, 9.17) is 10.00 Å². The van der Waals surface area contributed by atoms with Gasteiger partial charge in [0.05, 0.1) is 24.2 Å². The molecule has 1 saturated heterocycles. The van der Waals surface area contributed by atoms with Crippen LogP contribution in [-0.4, -0.2) is 47.5 Å². The molecule has 6 heteroatoms. The van der Waals surface area contributed by atoms with E-state index in [0.29, 0.717) is 25.3 Å². The molecule has 0 saturated carbocycles. The van der Waals surface area contributed by atoms with Crippen molar-refractivity contribution in [1.29, 1.82) is 5.26 Å². The molecule has 1 amide bonds. The zero-order valence-electron chi connectivity index (χ0n) is 10.6. The Hall–Kier alpha value is -1.22. The summed E-state index contributed by atoms with van der Waals surface area (Å²) >= 11 is 1.28. The Morgan fingerprint density at radius 3 is 2.94 bits per heavy atom. The number of ether oxygens (including phenoxy) is 1. The van der Waals surface area contributed by atoms with Crippen LogP contribution >= 0.6 is 11.8 Å². The van der Waals surface area contributed by atoms with Gasteiger partial charge in [0.25, 0.3) is 0 Å². The van der Waals surface area contributed by atoms with Crippen LogP contribution in [0.2, 0.25) is 0 Å². The quantitative estimate of drug-likeness (QED) is 0.554. The standard InChI is InChI=1S/C12H18N2O3S/c1-2-17-12(16)10-5-3-4-7-14(10)11(15)9-18-8-6-13/h10H,2-5,7-9H2,1H3. The van der Waals surface area contributed by atoms with Gasteiger partial charge in [0.15, 0.2) is 0 Å². The van der Waals surface area contributed by atoms with Crippen molar-refractivity contribution < 1.29 is 14.3 Å². The molecular weight excluding hydrogens is 252 g/mol. The number of carbonyl (C=O) groups excluding carboxylic acids is 2. The number of carbonyl (C=O) groups is 2. The highest BCUT2D eigenvalue weighted by Gasteiger charge is 2.32. The minimum atomic E-state index is -0.436. The maximum absolute atomic E-state index is 12.0. The predicted molar refractivity (Wildman–Crippen MR) is 68.9 cm³/mol.